The maximum atomic E-state index is 5.92. The monoisotopic (exact) mass is 374 g/mol. The lowest BCUT2D eigenvalue weighted by Gasteiger charge is -2.02. The predicted octanol–water partition coefficient (Wildman–Crippen LogP) is 4.89. The van der Waals surface area contributed by atoms with Crippen molar-refractivity contribution in [1.29, 1.82) is 0 Å². The van der Waals surface area contributed by atoms with Crippen molar-refractivity contribution in [2.24, 2.45) is 0 Å². The molecule has 0 atom stereocenters. The van der Waals surface area contributed by atoms with E-state index in [2.05, 4.69) is 67.3 Å². The van der Waals surface area contributed by atoms with Gasteiger partial charge in [0.15, 0.2) is 5.76 Å². The summed E-state index contributed by atoms with van der Waals surface area (Å²) in [7, 11) is 0. The number of nitrogens with two attached hydrogens (primary N) is 2. The molecule has 144 valence electrons. The normalized spacial score (nSPS) is 12.4. The van der Waals surface area contributed by atoms with Crippen LogP contribution in [0.4, 0.5) is 11.6 Å². The average molecular weight is 374 g/mol. The molecule has 0 unspecified atom stereocenters. The molecule has 0 saturated heterocycles. The van der Waals surface area contributed by atoms with E-state index in [1.54, 1.807) is 12.1 Å². The Kier molecular flexibility index (Phi) is 5.94. The molecule has 2 aromatic heterocycles. The van der Waals surface area contributed by atoms with Gasteiger partial charge in [0.05, 0.1) is 11.3 Å². The van der Waals surface area contributed by atoms with Gasteiger partial charge in [-0.1, -0.05) is 58.3 Å². The summed E-state index contributed by atoms with van der Waals surface area (Å²) in [5.41, 5.74) is 18.2. The first-order valence-corrected chi connectivity index (χ1v) is 9.27. The number of pyridine rings is 1. The first kappa shape index (κ1) is 19.4. The Hall–Kier alpha value is -3.34. The summed E-state index contributed by atoms with van der Waals surface area (Å²) in [5, 5.41) is 4.15. The summed E-state index contributed by atoms with van der Waals surface area (Å²) in [5.74, 6) is 1.32. The largest absolute Gasteiger partial charge is 0.384 e. The second kappa shape index (κ2) is 8.57. The van der Waals surface area contributed by atoms with Gasteiger partial charge in [-0.2, -0.15) is 0 Å². The maximum Gasteiger partial charge on any atom is 0.170 e. The van der Waals surface area contributed by atoms with Crippen LogP contribution in [0.25, 0.3) is 11.3 Å². The quantitative estimate of drug-likeness (QED) is 0.600. The third kappa shape index (κ3) is 5.10. The molecule has 1 aromatic carbocycles. The first-order valence-electron chi connectivity index (χ1n) is 9.27. The molecule has 0 amide bonds. The van der Waals surface area contributed by atoms with Crippen LogP contribution in [-0.4, -0.2) is 10.1 Å². The van der Waals surface area contributed by atoms with Gasteiger partial charge in [0.2, 0.25) is 0 Å². The maximum absolute atomic E-state index is 5.92. The number of rotatable bonds is 6. The molecule has 0 fully saturated rings. The summed E-state index contributed by atoms with van der Waals surface area (Å²) >= 11 is 0. The zero-order valence-corrected chi connectivity index (χ0v) is 16.6. The Labute approximate surface area is 165 Å². The van der Waals surface area contributed by atoms with E-state index < -0.39 is 0 Å². The van der Waals surface area contributed by atoms with Crippen molar-refractivity contribution in [3.63, 3.8) is 0 Å². The van der Waals surface area contributed by atoms with Crippen molar-refractivity contribution >= 4 is 11.6 Å². The van der Waals surface area contributed by atoms with Gasteiger partial charge in [0.1, 0.15) is 11.6 Å². The smallest absolute Gasteiger partial charge is 0.170 e. The van der Waals surface area contributed by atoms with E-state index in [-0.39, 0.29) is 0 Å². The fraction of sp³-hybridized carbons (Fsp3) is 0.217. The second-order valence-corrected chi connectivity index (χ2v) is 7.22. The Balaban J connectivity index is 1.64. The van der Waals surface area contributed by atoms with Gasteiger partial charge < -0.3 is 16.0 Å². The number of aryl methyl sites for hydroxylation is 1. The highest BCUT2D eigenvalue weighted by Gasteiger charge is 2.11. The van der Waals surface area contributed by atoms with Gasteiger partial charge in [-0.05, 0) is 44.9 Å². The molecule has 2 heterocycles. The zero-order valence-electron chi connectivity index (χ0n) is 16.6. The van der Waals surface area contributed by atoms with Crippen LogP contribution in [0.3, 0.4) is 0 Å². The third-order valence-electron chi connectivity index (χ3n) is 4.49. The number of nitrogens with zero attached hydrogens (tertiary/aromatic N) is 2. The lowest BCUT2D eigenvalue weighted by Crippen LogP contribution is -1.97. The summed E-state index contributed by atoms with van der Waals surface area (Å²) in [4.78, 5) is 4.06. The molecular weight excluding hydrogens is 348 g/mol. The molecule has 3 rings (SSSR count). The Morgan fingerprint density at radius 2 is 1.64 bits per heavy atom. The van der Waals surface area contributed by atoms with Crippen molar-refractivity contribution in [3.8, 4) is 11.3 Å². The van der Waals surface area contributed by atoms with Gasteiger partial charge >= 0.3 is 0 Å². The van der Waals surface area contributed by atoms with E-state index in [4.69, 9.17) is 16.0 Å². The van der Waals surface area contributed by atoms with Crippen LogP contribution in [0.5, 0.6) is 0 Å². The number of anilines is 2. The minimum absolute atomic E-state index is 0.338. The summed E-state index contributed by atoms with van der Waals surface area (Å²) in [6.45, 7) is 6.34. The van der Waals surface area contributed by atoms with Crippen LogP contribution in [-0.2, 0) is 12.8 Å². The van der Waals surface area contributed by atoms with E-state index in [1.807, 2.05) is 6.07 Å². The highest BCUT2D eigenvalue weighted by molar-refractivity contribution is 5.71. The number of allylic oxidation sites excluding steroid dienone is 4. The van der Waals surface area contributed by atoms with Crippen LogP contribution >= 0.6 is 0 Å². The van der Waals surface area contributed by atoms with E-state index in [1.165, 1.54) is 22.3 Å². The molecule has 28 heavy (non-hydrogen) atoms. The summed E-state index contributed by atoms with van der Waals surface area (Å²) < 4.78 is 5.43. The van der Waals surface area contributed by atoms with Crippen LogP contribution in [0.1, 0.15) is 30.7 Å². The van der Waals surface area contributed by atoms with E-state index in [0.29, 0.717) is 29.4 Å². The fourth-order valence-electron chi connectivity index (χ4n) is 2.94. The molecule has 0 aliphatic heterocycles. The SMILES string of the molecule is C/C(=C\C=C(/C)Cc1cc(-c2ccc(N)nc2N)on1)Cc1ccc(C)cc1. The van der Waals surface area contributed by atoms with Crippen molar-refractivity contribution < 1.29 is 4.52 Å². The van der Waals surface area contributed by atoms with E-state index in [9.17, 15) is 0 Å². The molecule has 0 bridgehead atoms. The van der Waals surface area contributed by atoms with Crippen LogP contribution < -0.4 is 11.5 Å². The molecule has 0 aliphatic carbocycles. The van der Waals surface area contributed by atoms with Crippen molar-refractivity contribution in [2.45, 2.75) is 33.6 Å². The third-order valence-corrected chi connectivity index (χ3v) is 4.49. The van der Waals surface area contributed by atoms with Gasteiger partial charge in [-0.3, -0.25) is 0 Å². The summed E-state index contributed by atoms with van der Waals surface area (Å²) in [6.07, 6.45) is 5.96. The molecule has 3 aromatic rings. The Morgan fingerprint density at radius 3 is 2.32 bits per heavy atom. The van der Waals surface area contributed by atoms with Crippen LogP contribution in [0.2, 0.25) is 0 Å². The Bertz CT molecular complexity index is 1010. The standard InChI is InChI=1S/C23H26N4O/c1-15-6-8-18(9-7-15)12-16(2)4-5-17(3)13-19-14-21(28-27-19)20-10-11-22(24)26-23(20)25/h4-11,14H,12-13H2,1-3H3,(H4,24,25,26)/b16-4+,17-5+. The lowest BCUT2D eigenvalue weighted by atomic mass is 10.0. The predicted molar refractivity (Wildman–Crippen MR) is 115 cm³/mol. The Morgan fingerprint density at radius 1 is 0.964 bits per heavy atom. The van der Waals surface area contributed by atoms with Crippen molar-refractivity contribution in [2.75, 3.05) is 11.5 Å². The van der Waals surface area contributed by atoms with Gasteiger partial charge in [0, 0.05) is 12.5 Å². The average Bonchev–Trinajstić information content (AvgIpc) is 3.10. The number of hydrogen-bond donors (Lipinski definition) is 2. The van der Waals surface area contributed by atoms with Crippen molar-refractivity contribution in [1.82, 2.24) is 10.1 Å². The fourth-order valence-corrected chi connectivity index (χ4v) is 2.94. The molecule has 5 nitrogen and oxygen atoms in total. The molecule has 0 spiro atoms. The van der Waals surface area contributed by atoms with E-state index >= 15 is 0 Å². The highest BCUT2D eigenvalue weighted by Crippen LogP contribution is 2.26. The summed E-state index contributed by atoms with van der Waals surface area (Å²) in [6, 6.07) is 14.0. The topological polar surface area (TPSA) is 91.0 Å². The lowest BCUT2D eigenvalue weighted by molar-refractivity contribution is 0.425. The molecule has 0 radical (unpaired) electrons. The molecule has 5 heteroatoms. The number of aromatic nitrogens is 2. The second-order valence-electron chi connectivity index (χ2n) is 7.22. The van der Waals surface area contributed by atoms with Crippen LogP contribution in [0, 0.1) is 6.92 Å². The molecule has 0 saturated carbocycles. The zero-order chi connectivity index (χ0) is 20.1. The van der Waals surface area contributed by atoms with E-state index in [0.717, 1.165) is 12.1 Å². The first-order chi connectivity index (χ1) is 13.4. The molecule has 0 aliphatic rings. The minimum atomic E-state index is 0.338. The highest BCUT2D eigenvalue weighted by atomic mass is 16.5. The molecule has 4 N–H and O–H groups in total. The number of nitrogen functional groups attached to an aromatic ring is 2. The van der Waals surface area contributed by atoms with Gasteiger partial charge in [-0.15, -0.1) is 0 Å². The number of hydrogen-bond acceptors (Lipinski definition) is 5. The van der Waals surface area contributed by atoms with Gasteiger partial charge in [-0.25, -0.2) is 4.98 Å². The van der Waals surface area contributed by atoms with Crippen molar-refractivity contribution in [3.05, 3.63) is 82.6 Å². The van der Waals surface area contributed by atoms with Crippen LogP contribution in [0.15, 0.2) is 70.3 Å². The van der Waals surface area contributed by atoms with Gasteiger partial charge in [0.25, 0.3) is 0 Å². The number of benzene rings is 1. The molecular formula is C23H26N4O. The minimum Gasteiger partial charge on any atom is -0.384 e.